The van der Waals surface area contributed by atoms with E-state index in [4.69, 9.17) is 0 Å². The number of nitrogens with one attached hydrogen (secondary N) is 1. The second-order valence-corrected chi connectivity index (χ2v) is 6.22. The molecule has 0 bridgehead atoms. The van der Waals surface area contributed by atoms with Gasteiger partial charge in [-0.05, 0) is 32.1 Å². The van der Waals surface area contributed by atoms with Gasteiger partial charge < -0.3 is 10.0 Å². The van der Waals surface area contributed by atoms with Crippen molar-refractivity contribution in [1.29, 1.82) is 0 Å². The summed E-state index contributed by atoms with van der Waals surface area (Å²) in [6.45, 7) is 1.46. The first-order chi connectivity index (χ1) is 10.9. The summed E-state index contributed by atoms with van der Waals surface area (Å²) in [4.78, 5) is 36.2. The van der Waals surface area contributed by atoms with Crippen LogP contribution < -0.4 is 0 Å². The SMILES string of the molecule is Cc1[nH]nc(C(=O)N2C(C(=O)O)CC3CCCCC32)c1[N+](=O)[O-]. The number of aromatic amines is 1. The fourth-order valence-electron chi connectivity index (χ4n) is 3.89. The van der Waals surface area contributed by atoms with Gasteiger partial charge in [-0.1, -0.05) is 12.8 Å². The van der Waals surface area contributed by atoms with Crippen LogP contribution in [0.1, 0.15) is 48.3 Å². The molecule has 1 aliphatic heterocycles. The molecule has 23 heavy (non-hydrogen) atoms. The van der Waals surface area contributed by atoms with E-state index in [1.807, 2.05) is 0 Å². The number of nitrogens with zero attached hydrogens (tertiary/aromatic N) is 3. The predicted molar refractivity (Wildman–Crippen MR) is 77.9 cm³/mol. The van der Waals surface area contributed by atoms with Crippen molar-refractivity contribution in [3.05, 3.63) is 21.5 Å². The maximum atomic E-state index is 12.8. The normalized spacial score (nSPS) is 26.8. The fourth-order valence-corrected chi connectivity index (χ4v) is 3.89. The molecule has 1 saturated heterocycles. The first-order valence-electron chi connectivity index (χ1n) is 7.66. The lowest BCUT2D eigenvalue weighted by Crippen LogP contribution is -2.46. The van der Waals surface area contributed by atoms with Crippen molar-refractivity contribution in [2.24, 2.45) is 5.92 Å². The van der Waals surface area contributed by atoms with Gasteiger partial charge in [0.15, 0.2) is 0 Å². The molecule has 2 heterocycles. The first kappa shape index (κ1) is 15.4. The van der Waals surface area contributed by atoms with Crippen LogP contribution in [0, 0.1) is 23.0 Å². The van der Waals surface area contributed by atoms with Gasteiger partial charge in [0.25, 0.3) is 5.91 Å². The van der Waals surface area contributed by atoms with Gasteiger partial charge in [0, 0.05) is 6.04 Å². The Kier molecular flexibility index (Phi) is 3.78. The highest BCUT2D eigenvalue weighted by atomic mass is 16.6. The van der Waals surface area contributed by atoms with Crippen LogP contribution in [-0.4, -0.2) is 49.1 Å². The highest BCUT2D eigenvalue weighted by Crippen LogP contribution is 2.41. The summed E-state index contributed by atoms with van der Waals surface area (Å²) in [5.41, 5.74) is -0.493. The molecule has 2 N–H and O–H groups in total. The molecule has 2 aliphatic rings. The van der Waals surface area contributed by atoms with E-state index in [1.165, 1.54) is 11.8 Å². The lowest BCUT2D eigenvalue weighted by molar-refractivity contribution is -0.385. The number of aromatic nitrogens is 2. The number of fused-ring (bicyclic) bond motifs is 1. The van der Waals surface area contributed by atoms with E-state index in [-0.39, 0.29) is 29.0 Å². The summed E-state index contributed by atoms with van der Waals surface area (Å²) in [6, 6.07) is -1.11. The largest absolute Gasteiger partial charge is 0.480 e. The van der Waals surface area contributed by atoms with Gasteiger partial charge >= 0.3 is 11.7 Å². The van der Waals surface area contributed by atoms with Crippen molar-refractivity contribution in [2.45, 2.75) is 51.1 Å². The molecule has 0 spiro atoms. The Bertz CT molecular complexity index is 670. The number of carboxylic acids is 1. The Morgan fingerprint density at radius 3 is 2.74 bits per heavy atom. The Hall–Kier alpha value is -2.45. The van der Waals surface area contributed by atoms with E-state index in [0.717, 1.165) is 25.7 Å². The van der Waals surface area contributed by atoms with Gasteiger partial charge in [0.1, 0.15) is 11.7 Å². The Morgan fingerprint density at radius 2 is 2.09 bits per heavy atom. The van der Waals surface area contributed by atoms with E-state index in [0.29, 0.717) is 6.42 Å². The minimum absolute atomic E-state index is 0.146. The van der Waals surface area contributed by atoms with Crippen molar-refractivity contribution in [2.75, 3.05) is 0 Å². The maximum absolute atomic E-state index is 12.8. The molecule has 1 aromatic heterocycles. The molecule has 9 nitrogen and oxygen atoms in total. The van der Waals surface area contributed by atoms with E-state index in [1.54, 1.807) is 0 Å². The number of nitro groups is 1. The van der Waals surface area contributed by atoms with Crippen molar-refractivity contribution >= 4 is 17.6 Å². The van der Waals surface area contributed by atoms with Crippen LogP contribution in [0.3, 0.4) is 0 Å². The third kappa shape index (κ3) is 2.45. The highest BCUT2D eigenvalue weighted by molar-refractivity contribution is 5.99. The summed E-state index contributed by atoms with van der Waals surface area (Å²) in [7, 11) is 0. The van der Waals surface area contributed by atoms with Gasteiger partial charge in [-0.3, -0.25) is 20.0 Å². The average Bonchev–Trinajstić information content (AvgIpc) is 3.07. The zero-order valence-electron chi connectivity index (χ0n) is 12.7. The molecule has 9 heteroatoms. The summed E-state index contributed by atoms with van der Waals surface area (Å²) in [5.74, 6) is -1.58. The van der Waals surface area contributed by atoms with Crippen LogP contribution in [0.2, 0.25) is 0 Å². The minimum atomic E-state index is -1.07. The number of carboxylic acid groups (broad SMARTS) is 1. The topological polar surface area (TPSA) is 129 Å². The summed E-state index contributed by atoms with van der Waals surface area (Å²) < 4.78 is 0. The molecular formula is C14H18N4O5. The summed E-state index contributed by atoms with van der Waals surface area (Å²) in [6.07, 6.45) is 3.98. The number of aryl methyl sites for hydroxylation is 1. The molecule has 124 valence electrons. The second-order valence-electron chi connectivity index (χ2n) is 6.22. The Balaban J connectivity index is 1.99. The lowest BCUT2D eigenvalue weighted by Gasteiger charge is -2.32. The molecule has 3 unspecified atom stereocenters. The van der Waals surface area contributed by atoms with Crippen LogP contribution in [0.25, 0.3) is 0 Å². The van der Waals surface area contributed by atoms with Gasteiger partial charge in [-0.2, -0.15) is 5.10 Å². The van der Waals surface area contributed by atoms with Crippen LogP contribution in [0.4, 0.5) is 5.69 Å². The summed E-state index contributed by atoms with van der Waals surface area (Å²) >= 11 is 0. The minimum Gasteiger partial charge on any atom is -0.480 e. The standard InChI is InChI=1S/C14H18N4O5/c1-7-12(18(22)23)11(16-15-7)13(19)17-9-5-3-2-4-8(9)6-10(17)14(20)21/h8-10H,2-6H2,1H3,(H,15,16)(H,20,21). The number of aliphatic carboxylic acids is 1. The predicted octanol–water partition coefficient (Wildman–Crippen LogP) is 1.48. The van der Waals surface area contributed by atoms with Gasteiger partial charge in [0.05, 0.1) is 4.92 Å². The molecule has 1 saturated carbocycles. The molecule has 3 rings (SSSR count). The summed E-state index contributed by atoms with van der Waals surface area (Å²) in [5, 5.41) is 26.8. The van der Waals surface area contributed by atoms with E-state index in [2.05, 4.69) is 10.2 Å². The number of rotatable bonds is 3. The number of amides is 1. The first-order valence-corrected chi connectivity index (χ1v) is 7.66. The van der Waals surface area contributed by atoms with Crippen LogP contribution >= 0.6 is 0 Å². The molecule has 0 aromatic carbocycles. The third-order valence-corrected chi connectivity index (χ3v) is 4.91. The number of likely N-dealkylation sites (tertiary alicyclic amines) is 1. The number of carbonyl (C=O) groups excluding carboxylic acids is 1. The van der Waals surface area contributed by atoms with Gasteiger partial charge in [-0.15, -0.1) is 0 Å². The Morgan fingerprint density at radius 1 is 1.39 bits per heavy atom. The number of hydrogen-bond donors (Lipinski definition) is 2. The third-order valence-electron chi connectivity index (χ3n) is 4.91. The van der Waals surface area contributed by atoms with Crippen LogP contribution in [0.5, 0.6) is 0 Å². The van der Waals surface area contributed by atoms with Crippen molar-refractivity contribution < 1.29 is 19.6 Å². The van der Waals surface area contributed by atoms with Crippen molar-refractivity contribution in [1.82, 2.24) is 15.1 Å². The molecule has 1 aliphatic carbocycles. The molecule has 3 atom stereocenters. The van der Waals surface area contributed by atoms with E-state index in [9.17, 15) is 24.8 Å². The van der Waals surface area contributed by atoms with Crippen molar-refractivity contribution in [3.8, 4) is 0 Å². The van der Waals surface area contributed by atoms with Gasteiger partial charge in [0.2, 0.25) is 5.69 Å². The molecule has 2 fully saturated rings. The van der Waals surface area contributed by atoms with Crippen LogP contribution in [-0.2, 0) is 4.79 Å². The van der Waals surface area contributed by atoms with E-state index < -0.39 is 22.8 Å². The fraction of sp³-hybridized carbons (Fsp3) is 0.643. The Labute approximate surface area is 131 Å². The lowest BCUT2D eigenvalue weighted by atomic mass is 9.84. The van der Waals surface area contributed by atoms with E-state index >= 15 is 0 Å². The quantitative estimate of drug-likeness (QED) is 0.640. The smallest absolute Gasteiger partial charge is 0.326 e. The van der Waals surface area contributed by atoms with Crippen LogP contribution in [0.15, 0.2) is 0 Å². The number of H-pyrrole nitrogens is 1. The molecule has 1 amide bonds. The molecule has 0 radical (unpaired) electrons. The second kappa shape index (κ2) is 5.64. The molecular weight excluding hydrogens is 304 g/mol. The monoisotopic (exact) mass is 322 g/mol. The average molecular weight is 322 g/mol. The van der Waals surface area contributed by atoms with Gasteiger partial charge in [-0.25, -0.2) is 4.79 Å². The highest BCUT2D eigenvalue weighted by Gasteiger charge is 2.49. The zero-order valence-corrected chi connectivity index (χ0v) is 12.7. The molecule has 1 aromatic rings. The van der Waals surface area contributed by atoms with Crippen molar-refractivity contribution in [3.63, 3.8) is 0 Å². The maximum Gasteiger partial charge on any atom is 0.326 e. The number of carbonyl (C=O) groups is 2. The zero-order chi connectivity index (χ0) is 16.7. The number of hydrogen-bond acceptors (Lipinski definition) is 5.